The van der Waals surface area contributed by atoms with Crippen LogP contribution in [0, 0.1) is 5.92 Å². The summed E-state index contributed by atoms with van der Waals surface area (Å²) in [7, 11) is 0. The van der Waals surface area contributed by atoms with Crippen molar-refractivity contribution in [1.29, 1.82) is 0 Å². The predicted octanol–water partition coefficient (Wildman–Crippen LogP) is 5.79. The molecule has 6 heteroatoms. The van der Waals surface area contributed by atoms with Crippen molar-refractivity contribution < 1.29 is 9.79 Å². The van der Waals surface area contributed by atoms with Gasteiger partial charge < -0.3 is 9.79 Å². The first-order valence-electron chi connectivity index (χ1n) is 6.91. The normalized spacial score (nSPS) is 10.0. The van der Waals surface area contributed by atoms with E-state index < -0.39 is 5.69 Å². The molecule has 2 aromatic carbocycles. The molecule has 0 saturated heterocycles. The van der Waals surface area contributed by atoms with Crippen molar-refractivity contribution >= 4 is 41.5 Å². The predicted molar refractivity (Wildman–Crippen MR) is 110 cm³/mol. The number of hydrogen-bond donors (Lipinski definition) is 3. The Hall–Kier alpha value is -0.550. The molecule has 0 aliphatic rings. The molecule has 23 heavy (non-hydrogen) atoms. The molecule has 0 spiro atoms. The van der Waals surface area contributed by atoms with E-state index in [-0.39, 0.29) is 0 Å². The van der Waals surface area contributed by atoms with Crippen LogP contribution in [0.15, 0.2) is 83.1 Å². The van der Waals surface area contributed by atoms with Crippen molar-refractivity contribution in [3.05, 3.63) is 73.3 Å². The summed E-state index contributed by atoms with van der Waals surface area (Å²) >= 11 is 8.86. The molecule has 2 rings (SSSR count). The maximum atomic E-state index is 7.87. The fraction of sp³-hybridized carbons (Fsp3) is 0.176. The molecule has 0 radical (unpaired) electrons. The van der Waals surface area contributed by atoms with Gasteiger partial charge in [0.1, 0.15) is 0 Å². The molecule has 0 unspecified atom stereocenters. The highest BCUT2D eigenvalue weighted by Crippen LogP contribution is 2.39. The van der Waals surface area contributed by atoms with Crippen LogP contribution >= 0.6 is 29.7 Å². The smallest absolute Gasteiger partial charge is 0.239 e. The van der Waals surface area contributed by atoms with Gasteiger partial charge in [-0.3, -0.25) is 0 Å². The summed E-state index contributed by atoms with van der Waals surface area (Å²) in [6, 6.07) is 20.8. The van der Waals surface area contributed by atoms with E-state index in [0.717, 1.165) is 0 Å². The molecular weight excluding hydrogens is 363 g/mol. The number of hydrogen-bond acceptors (Lipinski definition) is 2. The van der Waals surface area contributed by atoms with E-state index in [1.165, 1.54) is 9.79 Å². The van der Waals surface area contributed by atoms with Gasteiger partial charge in [0.15, 0.2) is 0 Å². The van der Waals surface area contributed by atoms with Gasteiger partial charge in [-0.15, -0.1) is 6.58 Å². The molecule has 0 fully saturated rings. The lowest BCUT2D eigenvalue weighted by molar-refractivity contribution is 0.503. The van der Waals surface area contributed by atoms with Crippen LogP contribution in [0.2, 0.25) is 0 Å². The van der Waals surface area contributed by atoms with E-state index in [1.54, 1.807) is 11.8 Å². The van der Waals surface area contributed by atoms with Gasteiger partial charge in [-0.05, 0) is 42.0 Å². The quantitative estimate of drug-likeness (QED) is 0.355. The van der Waals surface area contributed by atoms with Gasteiger partial charge in [0.05, 0.1) is 0 Å². The van der Waals surface area contributed by atoms with Crippen LogP contribution in [0.4, 0.5) is 0 Å². The number of benzene rings is 2. The second-order valence-corrected chi connectivity index (χ2v) is 10.9. The Morgan fingerprint density at radius 3 is 1.48 bits per heavy atom. The second-order valence-electron chi connectivity index (χ2n) is 4.72. The second kappa shape index (κ2) is 12.8. The summed E-state index contributed by atoms with van der Waals surface area (Å²) in [5.41, 5.74) is -3.11. The number of rotatable bonds is 3. The molecule has 2 aromatic rings. The Morgan fingerprint density at radius 1 is 1.00 bits per heavy atom. The summed E-state index contributed by atoms with van der Waals surface area (Å²) in [5.74, 6) is 0.648. The minimum Gasteiger partial charge on any atom is -0.338 e. The lowest BCUT2D eigenvalue weighted by atomic mass is 10.2. The third-order valence-corrected chi connectivity index (χ3v) is 3.21. The topological polar surface area (TPSA) is 40.5 Å². The summed E-state index contributed by atoms with van der Waals surface area (Å²) < 4.78 is 0. The fourth-order valence-electron chi connectivity index (χ4n) is 1.11. The van der Waals surface area contributed by atoms with Crippen LogP contribution in [0.25, 0.3) is 0 Å². The first-order chi connectivity index (χ1) is 10.7. The van der Waals surface area contributed by atoms with Crippen LogP contribution in [-0.2, 0) is 11.8 Å². The maximum absolute atomic E-state index is 7.87. The lowest BCUT2D eigenvalue weighted by Crippen LogP contribution is -1.71. The van der Waals surface area contributed by atoms with Crippen LogP contribution in [0.3, 0.4) is 0 Å². The monoisotopic (exact) mass is 386 g/mol. The first kappa shape index (κ1) is 22.4. The van der Waals surface area contributed by atoms with Crippen LogP contribution < -0.4 is 0 Å². The Labute approximate surface area is 154 Å². The van der Waals surface area contributed by atoms with Crippen molar-refractivity contribution in [2.45, 2.75) is 23.6 Å². The van der Waals surface area contributed by atoms with E-state index in [2.05, 4.69) is 93.0 Å². The van der Waals surface area contributed by atoms with Gasteiger partial charge in [0.25, 0.3) is 0 Å². The third kappa shape index (κ3) is 17.6. The highest BCUT2D eigenvalue weighted by molar-refractivity contribution is 8.59. The molecule has 0 aliphatic heterocycles. The molecule has 0 amide bonds. The van der Waals surface area contributed by atoms with E-state index >= 15 is 0 Å². The van der Waals surface area contributed by atoms with Crippen molar-refractivity contribution in [2.75, 3.05) is 0 Å². The molecule has 0 aliphatic carbocycles. The van der Waals surface area contributed by atoms with E-state index in [0.29, 0.717) is 5.92 Å². The van der Waals surface area contributed by atoms with Crippen molar-refractivity contribution in [3.63, 3.8) is 0 Å². The van der Waals surface area contributed by atoms with E-state index in [1.807, 2.05) is 18.2 Å². The Balaban J connectivity index is 0.000000406. The van der Waals surface area contributed by atoms with Gasteiger partial charge in [0.2, 0.25) is 5.69 Å². The minimum absolute atomic E-state index is 0.648. The zero-order chi connectivity index (χ0) is 17.7. The summed E-state index contributed by atoms with van der Waals surface area (Å²) in [4.78, 5) is 18.3. The van der Waals surface area contributed by atoms with Gasteiger partial charge >= 0.3 is 0 Å². The van der Waals surface area contributed by atoms with Crippen LogP contribution in [0.5, 0.6) is 0 Å². The number of allylic oxidation sites excluding steroid dienone is 1. The van der Waals surface area contributed by atoms with Crippen LogP contribution in [0.1, 0.15) is 13.8 Å². The zero-order valence-electron chi connectivity index (χ0n) is 13.2. The lowest BCUT2D eigenvalue weighted by Gasteiger charge is -1.99. The zero-order valence-corrected chi connectivity index (χ0v) is 16.7. The third-order valence-electron chi connectivity index (χ3n) is 2.19. The summed E-state index contributed by atoms with van der Waals surface area (Å²) in [5, 5.41) is 0. The first-order valence-corrected chi connectivity index (χ1v) is 11.6. The average molecular weight is 387 g/mol. The van der Waals surface area contributed by atoms with Crippen molar-refractivity contribution in [3.8, 4) is 0 Å². The Kier molecular flexibility index (Phi) is 12.5. The fourth-order valence-corrected chi connectivity index (χ4v) is 1.97. The molecule has 2 N–H and O–H groups in total. The molecule has 2 nitrogen and oxygen atoms in total. The van der Waals surface area contributed by atoms with E-state index in [9.17, 15) is 0 Å². The minimum atomic E-state index is -3.11. The van der Waals surface area contributed by atoms with Crippen molar-refractivity contribution in [1.82, 2.24) is 0 Å². The molecule has 126 valence electrons. The largest absolute Gasteiger partial charge is 0.338 e. The van der Waals surface area contributed by atoms with Gasteiger partial charge in [0, 0.05) is 9.79 Å². The summed E-state index contributed by atoms with van der Waals surface area (Å²) in [6.45, 7) is 7.77. The number of thiol groups is 1. The van der Waals surface area contributed by atoms with Crippen LogP contribution in [-0.4, -0.2) is 9.79 Å². The van der Waals surface area contributed by atoms with Gasteiger partial charge in [-0.25, -0.2) is 0 Å². The molecule has 0 saturated carbocycles. The molecular formula is C17H23O2PS3. The van der Waals surface area contributed by atoms with Gasteiger partial charge in [-0.1, -0.05) is 80.3 Å². The molecule has 0 aromatic heterocycles. The Bertz CT molecular complexity index is 538. The maximum Gasteiger partial charge on any atom is 0.239 e. The average Bonchev–Trinajstić information content (AvgIpc) is 2.48. The standard InChI is InChI=1S/C12H10S.C5H10.H3O2PS2/c1-3-7-11(8-4-1)13-12-9-5-2-6-10-12;1-4-5(2)3;1-3(2,4)5/h1-10H;4-5H,1H2,2-3H3;(H3,1,2,4,5). The summed E-state index contributed by atoms with van der Waals surface area (Å²) in [6.07, 6.45) is 1.92. The highest BCUT2D eigenvalue weighted by atomic mass is 32.9. The molecule has 0 bridgehead atoms. The molecule has 0 heterocycles. The highest BCUT2D eigenvalue weighted by Gasteiger charge is 1.93. The van der Waals surface area contributed by atoms with Crippen molar-refractivity contribution in [2.24, 2.45) is 5.92 Å². The van der Waals surface area contributed by atoms with Gasteiger partial charge in [-0.2, -0.15) is 0 Å². The Morgan fingerprint density at radius 2 is 1.26 bits per heavy atom. The molecule has 0 atom stereocenters. The SMILES string of the molecule is C=CC(C)C.OP(O)(=S)S.c1ccc(Sc2ccccc2)cc1. The van der Waals surface area contributed by atoms with E-state index in [4.69, 9.17) is 9.79 Å².